The first-order valence-corrected chi connectivity index (χ1v) is 4.32. The van der Waals surface area contributed by atoms with Crippen LogP contribution in [0.3, 0.4) is 0 Å². The highest BCUT2D eigenvalue weighted by Gasteiger charge is 2.30. The van der Waals surface area contributed by atoms with Crippen LogP contribution in [0, 0.1) is 0 Å². The van der Waals surface area contributed by atoms with Crippen molar-refractivity contribution in [2.24, 2.45) is 5.73 Å². The van der Waals surface area contributed by atoms with Gasteiger partial charge in [-0.1, -0.05) is 0 Å². The van der Waals surface area contributed by atoms with Gasteiger partial charge in [-0.3, -0.25) is 4.98 Å². The molecule has 0 spiro atoms. The van der Waals surface area contributed by atoms with E-state index >= 15 is 0 Å². The maximum absolute atomic E-state index is 12.1. The van der Waals surface area contributed by atoms with E-state index < -0.39 is 17.8 Å². The zero-order valence-corrected chi connectivity index (χ0v) is 7.83. The smallest absolute Gasteiger partial charge is 0.395 e. The average molecular weight is 220 g/mol. The van der Waals surface area contributed by atoms with Crippen LogP contribution in [-0.2, 0) is 12.6 Å². The minimum absolute atomic E-state index is 0.220. The molecule has 0 aromatic carbocycles. The molecular formula is C9H11F3N2O. The number of hydrogen-bond donors (Lipinski definition) is 2. The molecule has 84 valence electrons. The third-order valence-electron chi connectivity index (χ3n) is 1.86. The molecule has 6 heteroatoms. The molecule has 0 aliphatic carbocycles. The van der Waals surface area contributed by atoms with Gasteiger partial charge in [0.15, 0.2) is 0 Å². The van der Waals surface area contributed by atoms with E-state index in [1.165, 1.54) is 6.07 Å². The Kier molecular flexibility index (Phi) is 3.65. The van der Waals surface area contributed by atoms with E-state index in [1.807, 2.05) is 0 Å². The molecule has 0 aliphatic rings. The Morgan fingerprint density at radius 1 is 1.40 bits per heavy atom. The van der Waals surface area contributed by atoms with Gasteiger partial charge in [-0.25, -0.2) is 0 Å². The summed E-state index contributed by atoms with van der Waals surface area (Å²) in [5, 5.41) is 8.65. The van der Waals surface area contributed by atoms with E-state index in [4.69, 9.17) is 10.8 Å². The number of aliphatic hydroxyl groups excluding tert-OH is 1. The third-order valence-corrected chi connectivity index (χ3v) is 1.86. The summed E-state index contributed by atoms with van der Waals surface area (Å²) in [5.41, 5.74) is 5.06. The first kappa shape index (κ1) is 11.9. The second kappa shape index (κ2) is 4.59. The third kappa shape index (κ3) is 3.49. The number of halogens is 3. The van der Waals surface area contributed by atoms with Gasteiger partial charge in [0.1, 0.15) is 0 Å². The highest BCUT2D eigenvalue weighted by molar-refractivity contribution is 5.17. The zero-order valence-electron chi connectivity index (χ0n) is 7.83. The van der Waals surface area contributed by atoms with Crippen molar-refractivity contribution in [3.8, 4) is 0 Å². The van der Waals surface area contributed by atoms with Crippen LogP contribution in [0.1, 0.15) is 11.3 Å². The minimum Gasteiger partial charge on any atom is -0.395 e. The fourth-order valence-electron chi connectivity index (χ4n) is 1.05. The molecule has 15 heavy (non-hydrogen) atoms. The van der Waals surface area contributed by atoms with Gasteiger partial charge < -0.3 is 10.8 Å². The van der Waals surface area contributed by atoms with E-state index in [9.17, 15) is 13.2 Å². The summed E-state index contributed by atoms with van der Waals surface area (Å²) in [6.07, 6.45) is -3.35. The maximum Gasteiger partial charge on any atom is 0.417 e. The second-order valence-corrected chi connectivity index (χ2v) is 3.18. The van der Waals surface area contributed by atoms with Crippen LogP contribution in [0.5, 0.6) is 0 Å². The number of aromatic nitrogens is 1. The minimum atomic E-state index is -4.37. The van der Waals surface area contributed by atoms with Crippen LogP contribution in [-0.4, -0.2) is 22.7 Å². The lowest BCUT2D eigenvalue weighted by Crippen LogP contribution is -2.27. The second-order valence-electron chi connectivity index (χ2n) is 3.18. The first-order chi connectivity index (χ1) is 6.93. The molecule has 0 bridgehead atoms. The fraction of sp³-hybridized carbons (Fsp3) is 0.444. The Bertz CT molecular complexity index is 310. The van der Waals surface area contributed by atoms with Crippen molar-refractivity contribution in [2.45, 2.75) is 18.6 Å². The molecule has 1 atom stereocenters. The van der Waals surface area contributed by atoms with Crippen LogP contribution >= 0.6 is 0 Å². The SMILES string of the molecule is NC(CO)Cc1ccc(C(F)(F)F)cn1. The molecule has 0 radical (unpaired) electrons. The molecule has 1 aromatic heterocycles. The molecule has 3 nitrogen and oxygen atoms in total. The molecular weight excluding hydrogens is 209 g/mol. The molecule has 3 N–H and O–H groups in total. The van der Waals surface area contributed by atoms with Gasteiger partial charge in [0.05, 0.1) is 12.2 Å². The Morgan fingerprint density at radius 3 is 2.47 bits per heavy atom. The highest BCUT2D eigenvalue weighted by Crippen LogP contribution is 2.28. The Morgan fingerprint density at radius 2 is 2.07 bits per heavy atom. The van der Waals surface area contributed by atoms with Crippen LogP contribution in [0.4, 0.5) is 13.2 Å². The molecule has 1 unspecified atom stereocenters. The van der Waals surface area contributed by atoms with Crippen molar-refractivity contribution in [3.63, 3.8) is 0 Å². The van der Waals surface area contributed by atoms with Crippen molar-refractivity contribution >= 4 is 0 Å². The topological polar surface area (TPSA) is 59.1 Å². The van der Waals surface area contributed by atoms with Crippen LogP contribution in [0.25, 0.3) is 0 Å². The van der Waals surface area contributed by atoms with Gasteiger partial charge >= 0.3 is 6.18 Å². The van der Waals surface area contributed by atoms with Crippen LogP contribution < -0.4 is 5.73 Å². The largest absolute Gasteiger partial charge is 0.417 e. The summed E-state index contributed by atoms with van der Waals surface area (Å²) < 4.78 is 36.4. The Balaban J connectivity index is 2.73. The van der Waals surface area contributed by atoms with E-state index in [-0.39, 0.29) is 13.0 Å². The number of aliphatic hydroxyl groups is 1. The molecule has 1 heterocycles. The maximum atomic E-state index is 12.1. The highest BCUT2D eigenvalue weighted by atomic mass is 19.4. The van der Waals surface area contributed by atoms with E-state index in [0.29, 0.717) is 5.69 Å². The van der Waals surface area contributed by atoms with Crippen LogP contribution in [0.15, 0.2) is 18.3 Å². The normalized spacial score (nSPS) is 13.9. The number of hydrogen-bond acceptors (Lipinski definition) is 3. The lowest BCUT2D eigenvalue weighted by atomic mass is 10.1. The van der Waals surface area contributed by atoms with Crippen molar-refractivity contribution in [3.05, 3.63) is 29.6 Å². The quantitative estimate of drug-likeness (QED) is 0.797. The van der Waals surface area contributed by atoms with E-state index in [1.54, 1.807) is 0 Å². The lowest BCUT2D eigenvalue weighted by Gasteiger charge is -2.09. The predicted molar refractivity (Wildman–Crippen MR) is 48.0 cm³/mol. The van der Waals surface area contributed by atoms with Crippen LogP contribution in [0.2, 0.25) is 0 Å². The van der Waals surface area contributed by atoms with Crippen molar-refractivity contribution < 1.29 is 18.3 Å². The van der Waals surface area contributed by atoms with Crippen molar-refractivity contribution in [1.29, 1.82) is 0 Å². The number of alkyl halides is 3. The molecule has 0 amide bonds. The lowest BCUT2D eigenvalue weighted by molar-refractivity contribution is -0.137. The summed E-state index contributed by atoms with van der Waals surface area (Å²) in [6, 6.07) is 1.72. The zero-order chi connectivity index (χ0) is 11.5. The molecule has 0 fully saturated rings. The first-order valence-electron chi connectivity index (χ1n) is 4.32. The van der Waals surface area contributed by atoms with Crippen molar-refractivity contribution in [2.75, 3.05) is 6.61 Å². The molecule has 1 rings (SSSR count). The summed E-state index contributed by atoms with van der Waals surface area (Å²) in [4.78, 5) is 3.62. The molecule has 0 saturated heterocycles. The fourth-order valence-corrected chi connectivity index (χ4v) is 1.05. The van der Waals surface area contributed by atoms with Gasteiger partial charge in [-0.05, 0) is 12.1 Å². The van der Waals surface area contributed by atoms with Gasteiger partial charge in [-0.15, -0.1) is 0 Å². The summed E-state index contributed by atoms with van der Waals surface area (Å²) in [6.45, 7) is -0.220. The van der Waals surface area contributed by atoms with Gasteiger partial charge in [-0.2, -0.15) is 13.2 Å². The van der Waals surface area contributed by atoms with Gasteiger partial charge in [0, 0.05) is 24.4 Å². The van der Waals surface area contributed by atoms with Crippen molar-refractivity contribution in [1.82, 2.24) is 4.98 Å². The average Bonchev–Trinajstić information content (AvgIpc) is 2.17. The number of pyridine rings is 1. The van der Waals surface area contributed by atoms with Gasteiger partial charge in [0.25, 0.3) is 0 Å². The number of nitrogens with zero attached hydrogens (tertiary/aromatic N) is 1. The van der Waals surface area contributed by atoms with Gasteiger partial charge in [0.2, 0.25) is 0 Å². The van der Waals surface area contributed by atoms with E-state index in [0.717, 1.165) is 12.3 Å². The summed E-state index contributed by atoms with van der Waals surface area (Å²) in [7, 11) is 0. The Labute approximate surface area is 84.7 Å². The monoisotopic (exact) mass is 220 g/mol. The number of rotatable bonds is 3. The molecule has 1 aromatic rings. The standard InChI is InChI=1S/C9H11F3N2O/c10-9(11,12)6-1-2-8(14-4-6)3-7(13)5-15/h1-2,4,7,15H,3,5,13H2. The number of nitrogens with two attached hydrogens (primary N) is 1. The summed E-state index contributed by atoms with van der Waals surface area (Å²) in [5.74, 6) is 0. The molecule has 0 aliphatic heterocycles. The Hall–Kier alpha value is -1.14. The van der Waals surface area contributed by atoms with E-state index in [2.05, 4.69) is 4.98 Å². The molecule has 0 saturated carbocycles. The predicted octanol–water partition coefficient (Wildman–Crippen LogP) is 0.963. The summed E-state index contributed by atoms with van der Waals surface area (Å²) >= 11 is 0.